The largest absolute Gasteiger partial charge is 0.385 e. The van der Waals surface area contributed by atoms with Gasteiger partial charge in [0.2, 0.25) is 0 Å². The standard InChI is InChI=1S/C17H16N2S/c1-11-7-8-15-16(10-11)20-17(19-15)13-4-2-6-14-12(13)5-3-9-18-14/h2,4,6-8,10,18H,3,5,9H2,1H3. The lowest BCUT2D eigenvalue weighted by atomic mass is 9.98. The van der Waals surface area contributed by atoms with Gasteiger partial charge >= 0.3 is 0 Å². The summed E-state index contributed by atoms with van der Waals surface area (Å²) in [5.41, 5.74) is 6.41. The molecule has 0 aliphatic carbocycles. The number of aryl methyl sites for hydroxylation is 1. The van der Waals surface area contributed by atoms with Crippen molar-refractivity contribution in [1.82, 2.24) is 4.98 Å². The SMILES string of the molecule is Cc1ccc2nc(-c3cccc4c3CCCN4)sc2c1. The zero-order chi connectivity index (χ0) is 13.5. The van der Waals surface area contributed by atoms with Crippen LogP contribution in [0.2, 0.25) is 0 Å². The van der Waals surface area contributed by atoms with Gasteiger partial charge in [0, 0.05) is 17.8 Å². The van der Waals surface area contributed by atoms with E-state index in [0.717, 1.165) is 23.5 Å². The van der Waals surface area contributed by atoms with Gasteiger partial charge in [0.15, 0.2) is 0 Å². The molecule has 20 heavy (non-hydrogen) atoms. The Morgan fingerprint density at radius 3 is 3.10 bits per heavy atom. The zero-order valence-corrected chi connectivity index (χ0v) is 12.3. The number of hydrogen-bond acceptors (Lipinski definition) is 3. The van der Waals surface area contributed by atoms with E-state index in [4.69, 9.17) is 4.98 Å². The van der Waals surface area contributed by atoms with E-state index in [9.17, 15) is 0 Å². The van der Waals surface area contributed by atoms with Gasteiger partial charge in [-0.1, -0.05) is 18.2 Å². The monoisotopic (exact) mass is 280 g/mol. The van der Waals surface area contributed by atoms with Crippen molar-refractivity contribution >= 4 is 27.2 Å². The molecule has 1 aliphatic heterocycles. The molecule has 4 rings (SSSR count). The van der Waals surface area contributed by atoms with Gasteiger partial charge in [-0.25, -0.2) is 4.98 Å². The molecule has 0 saturated heterocycles. The first-order valence-electron chi connectivity index (χ1n) is 7.04. The Hall–Kier alpha value is -1.87. The minimum Gasteiger partial charge on any atom is -0.385 e. The highest BCUT2D eigenvalue weighted by molar-refractivity contribution is 7.21. The number of nitrogens with zero attached hydrogens (tertiary/aromatic N) is 1. The number of fused-ring (bicyclic) bond motifs is 2. The van der Waals surface area contributed by atoms with Crippen LogP contribution in [0.5, 0.6) is 0 Å². The van der Waals surface area contributed by atoms with Crippen LogP contribution in [0, 0.1) is 6.92 Å². The third-order valence-corrected chi connectivity index (χ3v) is 4.92. The second-order valence-corrected chi connectivity index (χ2v) is 6.38. The fraction of sp³-hybridized carbons (Fsp3) is 0.235. The topological polar surface area (TPSA) is 24.9 Å². The van der Waals surface area contributed by atoms with Gasteiger partial charge in [-0.3, -0.25) is 0 Å². The molecule has 2 aromatic carbocycles. The maximum atomic E-state index is 4.82. The molecule has 3 aromatic rings. The summed E-state index contributed by atoms with van der Waals surface area (Å²) >= 11 is 1.80. The first-order chi connectivity index (χ1) is 9.81. The number of anilines is 1. The van der Waals surface area contributed by atoms with Gasteiger partial charge in [0.1, 0.15) is 5.01 Å². The number of rotatable bonds is 1. The normalized spacial score (nSPS) is 14.1. The summed E-state index contributed by atoms with van der Waals surface area (Å²) in [6, 6.07) is 13.0. The second kappa shape index (κ2) is 4.60. The van der Waals surface area contributed by atoms with Crippen LogP contribution in [0.4, 0.5) is 5.69 Å². The molecule has 3 heteroatoms. The van der Waals surface area contributed by atoms with Gasteiger partial charge in [0.05, 0.1) is 10.2 Å². The van der Waals surface area contributed by atoms with Crippen molar-refractivity contribution in [2.24, 2.45) is 0 Å². The highest BCUT2D eigenvalue weighted by Gasteiger charge is 2.16. The Bertz CT molecular complexity index is 789. The summed E-state index contributed by atoms with van der Waals surface area (Å²) in [5, 5.41) is 4.64. The van der Waals surface area contributed by atoms with E-state index < -0.39 is 0 Å². The maximum absolute atomic E-state index is 4.82. The van der Waals surface area contributed by atoms with Crippen molar-refractivity contribution in [3.8, 4) is 10.6 Å². The fourth-order valence-electron chi connectivity index (χ4n) is 2.86. The number of benzene rings is 2. The van der Waals surface area contributed by atoms with E-state index in [1.165, 1.54) is 33.5 Å². The molecule has 1 aliphatic rings. The molecule has 0 unspecified atom stereocenters. The van der Waals surface area contributed by atoms with E-state index in [0.29, 0.717) is 0 Å². The molecule has 0 bridgehead atoms. The molecule has 0 atom stereocenters. The van der Waals surface area contributed by atoms with Crippen molar-refractivity contribution in [1.29, 1.82) is 0 Å². The van der Waals surface area contributed by atoms with Crippen LogP contribution in [0.15, 0.2) is 36.4 Å². The maximum Gasteiger partial charge on any atom is 0.124 e. The summed E-state index contributed by atoms with van der Waals surface area (Å²) in [6.07, 6.45) is 2.35. The minimum absolute atomic E-state index is 1.08. The van der Waals surface area contributed by atoms with Gasteiger partial charge in [-0.2, -0.15) is 0 Å². The van der Waals surface area contributed by atoms with E-state index in [2.05, 4.69) is 48.6 Å². The predicted octanol–water partition coefficient (Wildman–Crippen LogP) is 4.63. The Kier molecular flexibility index (Phi) is 2.74. The van der Waals surface area contributed by atoms with Crippen molar-refractivity contribution in [3.63, 3.8) is 0 Å². The fourth-order valence-corrected chi connectivity index (χ4v) is 3.97. The van der Waals surface area contributed by atoms with E-state index in [1.807, 2.05) is 0 Å². The molecule has 0 spiro atoms. The first-order valence-corrected chi connectivity index (χ1v) is 7.86. The van der Waals surface area contributed by atoms with Crippen LogP contribution in [-0.2, 0) is 6.42 Å². The lowest BCUT2D eigenvalue weighted by Crippen LogP contribution is -2.12. The quantitative estimate of drug-likeness (QED) is 0.703. The molecular weight excluding hydrogens is 264 g/mol. The van der Waals surface area contributed by atoms with Gasteiger partial charge < -0.3 is 5.32 Å². The third-order valence-electron chi connectivity index (χ3n) is 3.87. The highest BCUT2D eigenvalue weighted by atomic mass is 32.1. The summed E-state index contributed by atoms with van der Waals surface area (Å²) in [7, 11) is 0. The molecule has 100 valence electrons. The predicted molar refractivity (Wildman–Crippen MR) is 86.6 cm³/mol. The highest BCUT2D eigenvalue weighted by Crippen LogP contribution is 2.36. The lowest BCUT2D eigenvalue weighted by Gasteiger charge is -2.20. The second-order valence-electron chi connectivity index (χ2n) is 5.35. The van der Waals surface area contributed by atoms with Crippen molar-refractivity contribution in [3.05, 3.63) is 47.5 Å². The summed E-state index contributed by atoms with van der Waals surface area (Å²) < 4.78 is 1.28. The zero-order valence-electron chi connectivity index (χ0n) is 11.4. The number of nitrogens with one attached hydrogen (secondary N) is 1. The van der Waals surface area contributed by atoms with Crippen LogP contribution in [0.25, 0.3) is 20.8 Å². The average molecular weight is 280 g/mol. The number of aromatic nitrogens is 1. The molecule has 0 saturated carbocycles. The van der Waals surface area contributed by atoms with Crippen molar-refractivity contribution < 1.29 is 0 Å². The molecule has 0 fully saturated rings. The van der Waals surface area contributed by atoms with Crippen molar-refractivity contribution in [2.45, 2.75) is 19.8 Å². The van der Waals surface area contributed by atoms with E-state index in [-0.39, 0.29) is 0 Å². The molecule has 0 amide bonds. The smallest absolute Gasteiger partial charge is 0.124 e. The molecule has 0 radical (unpaired) electrons. The first kappa shape index (κ1) is 11.9. The molecule has 2 heterocycles. The Morgan fingerprint density at radius 2 is 2.15 bits per heavy atom. The molecule has 2 nitrogen and oxygen atoms in total. The minimum atomic E-state index is 1.08. The van der Waals surface area contributed by atoms with Crippen LogP contribution in [-0.4, -0.2) is 11.5 Å². The third kappa shape index (κ3) is 1.90. The van der Waals surface area contributed by atoms with E-state index >= 15 is 0 Å². The summed E-state index contributed by atoms with van der Waals surface area (Å²) in [4.78, 5) is 4.82. The number of hydrogen-bond donors (Lipinski definition) is 1. The van der Waals surface area contributed by atoms with Crippen LogP contribution in [0.1, 0.15) is 17.5 Å². The van der Waals surface area contributed by atoms with Crippen LogP contribution < -0.4 is 5.32 Å². The summed E-state index contributed by atoms with van der Waals surface area (Å²) in [6.45, 7) is 3.21. The molecule has 1 aromatic heterocycles. The molecule has 1 N–H and O–H groups in total. The van der Waals surface area contributed by atoms with Gasteiger partial charge in [-0.15, -0.1) is 11.3 Å². The summed E-state index contributed by atoms with van der Waals surface area (Å²) in [5.74, 6) is 0. The van der Waals surface area contributed by atoms with Crippen LogP contribution in [0.3, 0.4) is 0 Å². The Balaban J connectivity index is 1.90. The molecular formula is C17H16N2S. The van der Waals surface area contributed by atoms with Crippen molar-refractivity contribution in [2.75, 3.05) is 11.9 Å². The van der Waals surface area contributed by atoms with E-state index in [1.54, 1.807) is 11.3 Å². The Morgan fingerprint density at radius 1 is 1.20 bits per heavy atom. The Labute approximate surface area is 122 Å². The van der Waals surface area contributed by atoms with Crippen LogP contribution >= 0.6 is 11.3 Å². The van der Waals surface area contributed by atoms with Gasteiger partial charge in [0.25, 0.3) is 0 Å². The number of thiazole rings is 1. The average Bonchev–Trinajstić information content (AvgIpc) is 2.89. The lowest BCUT2D eigenvalue weighted by molar-refractivity contribution is 0.832. The van der Waals surface area contributed by atoms with Gasteiger partial charge in [-0.05, 0) is 49.1 Å².